The third-order valence-electron chi connectivity index (χ3n) is 6.33. The van der Waals surface area contributed by atoms with Gasteiger partial charge in [0.1, 0.15) is 17.5 Å². The Morgan fingerprint density at radius 1 is 1.14 bits per heavy atom. The third kappa shape index (κ3) is 4.80. The van der Waals surface area contributed by atoms with Crippen molar-refractivity contribution in [3.63, 3.8) is 0 Å². The number of fused-ring (bicyclic) bond motifs is 1. The Kier molecular flexibility index (Phi) is 6.67. The zero-order chi connectivity index (χ0) is 25.4. The van der Waals surface area contributed by atoms with E-state index in [0.29, 0.717) is 47.8 Å². The average molecular weight is 532 g/mol. The van der Waals surface area contributed by atoms with Crippen molar-refractivity contribution in [2.24, 2.45) is 5.92 Å². The second-order valence-corrected chi connectivity index (χ2v) is 11.3. The van der Waals surface area contributed by atoms with E-state index in [1.54, 1.807) is 16.8 Å². The van der Waals surface area contributed by atoms with Gasteiger partial charge in [0.15, 0.2) is 5.65 Å². The molecule has 0 spiro atoms. The summed E-state index contributed by atoms with van der Waals surface area (Å²) in [6.07, 6.45) is 3.18. The predicted molar refractivity (Wildman–Crippen MR) is 135 cm³/mol. The molecule has 0 bridgehead atoms. The molecule has 0 aliphatic carbocycles. The van der Waals surface area contributed by atoms with Crippen LogP contribution in [0.25, 0.3) is 16.9 Å². The standard InChI is InChI=1S/C25H24ClF2N5O2S/c1-16-13-30-33-24(12-23(31-25(16)33)21-6-2-3-7-22(21)26)29-14-17-5-4-8-32(15-17)36(34,35)20-10-18(27)9-19(28)11-20/h2-3,6-7,9-13,17,29H,4-5,8,14-15H2,1H3. The summed E-state index contributed by atoms with van der Waals surface area (Å²) in [7, 11) is -4.02. The van der Waals surface area contributed by atoms with Crippen molar-refractivity contribution < 1.29 is 17.2 Å². The first-order chi connectivity index (χ1) is 17.2. The number of sulfonamides is 1. The minimum atomic E-state index is -4.02. The van der Waals surface area contributed by atoms with Gasteiger partial charge < -0.3 is 5.32 Å². The molecule has 1 aliphatic heterocycles. The highest BCUT2D eigenvalue weighted by atomic mass is 35.5. The molecule has 11 heteroatoms. The number of aryl methyl sites for hydroxylation is 1. The van der Waals surface area contributed by atoms with Crippen molar-refractivity contribution in [1.82, 2.24) is 18.9 Å². The molecule has 188 valence electrons. The number of halogens is 3. The van der Waals surface area contributed by atoms with Crippen molar-refractivity contribution in [3.05, 3.63) is 76.9 Å². The van der Waals surface area contributed by atoms with E-state index < -0.39 is 21.7 Å². The van der Waals surface area contributed by atoms with Gasteiger partial charge in [0.2, 0.25) is 10.0 Å². The molecule has 0 saturated carbocycles. The highest BCUT2D eigenvalue weighted by molar-refractivity contribution is 7.89. The smallest absolute Gasteiger partial charge is 0.243 e. The van der Waals surface area contributed by atoms with Crippen LogP contribution in [0.4, 0.5) is 14.6 Å². The Morgan fingerprint density at radius 2 is 1.89 bits per heavy atom. The summed E-state index contributed by atoms with van der Waals surface area (Å²) in [5.74, 6) is -1.16. The van der Waals surface area contributed by atoms with Crippen molar-refractivity contribution in [1.29, 1.82) is 0 Å². The van der Waals surface area contributed by atoms with Crippen LogP contribution in [0, 0.1) is 24.5 Å². The monoisotopic (exact) mass is 531 g/mol. The molecule has 2 aromatic carbocycles. The normalized spacial score (nSPS) is 16.9. The van der Waals surface area contributed by atoms with Gasteiger partial charge in [-0.2, -0.15) is 13.9 Å². The molecule has 1 aliphatic rings. The predicted octanol–water partition coefficient (Wildman–Crippen LogP) is 5.15. The molecular formula is C25H24ClF2N5O2S. The number of hydrogen-bond donors (Lipinski definition) is 1. The second-order valence-electron chi connectivity index (χ2n) is 8.93. The van der Waals surface area contributed by atoms with Crippen LogP contribution in [0.1, 0.15) is 18.4 Å². The van der Waals surface area contributed by atoms with E-state index in [9.17, 15) is 17.2 Å². The number of aromatic nitrogens is 3. The second kappa shape index (κ2) is 9.76. The van der Waals surface area contributed by atoms with Crippen molar-refractivity contribution in [3.8, 4) is 11.3 Å². The molecule has 0 amide bonds. The van der Waals surface area contributed by atoms with Gasteiger partial charge in [-0.15, -0.1) is 0 Å². The number of benzene rings is 2. The van der Waals surface area contributed by atoms with E-state index in [1.807, 2.05) is 31.2 Å². The maximum atomic E-state index is 13.7. The summed E-state index contributed by atoms with van der Waals surface area (Å²) in [5.41, 5.74) is 3.09. The molecule has 2 aromatic heterocycles. The number of nitrogens with one attached hydrogen (secondary N) is 1. The Bertz CT molecular complexity index is 1520. The lowest BCUT2D eigenvalue weighted by molar-refractivity contribution is 0.275. The van der Waals surface area contributed by atoms with Crippen LogP contribution in [-0.2, 0) is 10.0 Å². The molecule has 1 N–H and O–H groups in total. The molecule has 1 atom stereocenters. The van der Waals surface area contributed by atoms with E-state index in [-0.39, 0.29) is 17.4 Å². The molecular weight excluding hydrogens is 508 g/mol. The van der Waals surface area contributed by atoms with Crippen LogP contribution >= 0.6 is 11.6 Å². The van der Waals surface area contributed by atoms with Crippen molar-refractivity contribution in [2.75, 3.05) is 25.0 Å². The lowest BCUT2D eigenvalue weighted by Gasteiger charge is -2.32. The van der Waals surface area contributed by atoms with E-state index in [2.05, 4.69) is 10.4 Å². The van der Waals surface area contributed by atoms with Crippen molar-refractivity contribution in [2.45, 2.75) is 24.7 Å². The first kappa shape index (κ1) is 24.6. The largest absolute Gasteiger partial charge is 0.370 e. The molecule has 3 heterocycles. The third-order valence-corrected chi connectivity index (χ3v) is 8.50. The van der Waals surface area contributed by atoms with Gasteiger partial charge in [0.05, 0.1) is 16.8 Å². The van der Waals surface area contributed by atoms with Gasteiger partial charge in [-0.1, -0.05) is 29.8 Å². The fraction of sp³-hybridized carbons (Fsp3) is 0.280. The first-order valence-corrected chi connectivity index (χ1v) is 13.3. The Hall–Kier alpha value is -3.08. The van der Waals surface area contributed by atoms with E-state index in [0.717, 1.165) is 29.7 Å². The Balaban J connectivity index is 1.38. The van der Waals surface area contributed by atoms with Crippen LogP contribution in [0.2, 0.25) is 5.02 Å². The maximum absolute atomic E-state index is 13.7. The minimum Gasteiger partial charge on any atom is -0.370 e. The maximum Gasteiger partial charge on any atom is 0.243 e. The molecule has 5 rings (SSSR count). The minimum absolute atomic E-state index is 0.0180. The fourth-order valence-corrected chi connectivity index (χ4v) is 6.32. The van der Waals surface area contributed by atoms with E-state index >= 15 is 0 Å². The quantitative estimate of drug-likeness (QED) is 0.372. The molecule has 4 aromatic rings. The summed E-state index contributed by atoms with van der Waals surface area (Å²) in [5, 5.41) is 8.42. The summed E-state index contributed by atoms with van der Waals surface area (Å²) >= 11 is 6.41. The molecule has 1 saturated heterocycles. The molecule has 1 unspecified atom stereocenters. The summed E-state index contributed by atoms with van der Waals surface area (Å²) in [6.45, 7) is 2.93. The van der Waals surface area contributed by atoms with Gasteiger partial charge in [0.25, 0.3) is 0 Å². The van der Waals surface area contributed by atoms with Crippen LogP contribution in [0.3, 0.4) is 0 Å². The van der Waals surface area contributed by atoms with Crippen molar-refractivity contribution >= 4 is 33.1 Å². The molecule has 36 heavy (non-hydrogen) atoms. The first-order valence-electron chi connectivity index (χ1n) is 11.5. The van der Waals surface area contributed by atoms with Crippen LogP contribution in [-0.4, -0.2) is 47.0 Å². The van der Waals surface area contributed by atoms with Gasteiger partial charge in [0, 0.05) is 47.9 Å². The number of anilines is 1. The average Bonchev–Trinajstić information content (AvgIpc) is 3.23. The SMILES string of the molecule is Cc1cnn2c(NCC3CCCN(S(=O)(=O)c4cc(F)cc(F)c4)C3)cc(-c3ccccc3Cl)nc12. The lowest BCUT2D eigenvalue weighted by Crippen LogP contribution is -2.41. The van der Waals surface area contributed by atoms with Crippen LogP contribution < -0.4 is 5.32 Å². The van der Waals surface area contributed by atoms with E-state index in [4.69, 9.17) is 16.6 Å². The fourth-order valence-electron chi connectivity index (χ4n) is 4.49. The van der Waals surface area contributed by atoms with Gasteiger partial charge in [-0.3, -0.25) is 0 Å². The number of piperidine rings is 1. The molecule has 0 radical (unpaired) electrons. The zero-order valence-corrected chi connectivity index (χ0v) is 21.0. The zero-order valence-electron chi connectivity index (χ0n) is 19.5. The molecule has 1 fully saturated rings. The molecule has 7 nitrogen and oxygen atoms in total. The number of hydrogen-bond acceptors (Lipinski definition) is 5. The highest BCUT2D eigenvalue weighted by Crippen LogP contribution is 2.30. The summed E-state index contributed by atoms with van der Waals surface area (Å²) in [6, 6.07) is 11.7. The van der Waals surface area contributed by atoms with Gasteiger partial charge in [-0.05, 0) is 43.9 Å². The van der Waals surface area contributed by atoms with Crippen LogP contribution in [0.15, 0.2) is 59.6 Å². The number of nitrogens with zero attached hydrogens (tertiary/aromatic N) is 4. The summed E-state index contributed by atoms with van der Waals surface area (Å²) in [4.78, 5) is 4.37. The Labute approximate surface area is 212 Å². The highest BCUT2D eigenvalue weighted by Gasteiger charge is 2.31. The van der Waals surface area contributed by atoms with Gasteiger partial charge in [-0.25, -0.2) is 22.2 Å². The topological polar surface area (TPSA) is 79.6 Å². The van der Waals surface area contributed by atoms with Gasteiger partial charge >= 0.3 is 0 Å². The Morgan fingerprint density at radius 3 is 2.64 bits per heavy atom. The van der Waals surface area contributed by atoms with E-state index in [1.165, 1.54) is 4.31 Å². The van der Waals surface area contributed by atoms with Crippen LogP contribution in [0.5, 0.6) is 0 Å². The lowest BCUT2D eigenvalue weighted by atomic mass is 10.00. The summed E-state index contributed by atoms with van der Waals surface area (Å²) < 4.78 is 56.5. The number of rotatable bonds is 6.